The predicted molar refractivity (Wildman–Crippen MR) is 72.5 cm³/mol. The highest BCUT2D eigenvalue weighted by atomic mass is 16.5. The fourth-order valence-electron chi connectivity index (χ4n) is 2.41. The van der Waals surface area contributed by atoms with Crippen LogP contribution in [0.15, 0.2) is 30.3 Å². The Labute approximate surface area is 109 Å². The number of benzene rings is 1. The zero-order valence-electron chi connectivity index (χ0n) is 11.1. The first kappa shape index (κ1) is 13.5. The van der Waals surface area contributed by atoms with Crippen molar-refractivity contribution in [2.24, 2.45) is 0 Å². The van der Waals surface area contributed by atoms with E-state index in [9.17, 15) is 5.11 Å². The summed E-state index contributed by atoms with van der Waals surface area (Å²) in [6, 6.07) is 10.8. The van der Waals surface area contributed by atoms with E-state index < -0.39 is 5.60 Å². The SMILES string of the molecule is CCCC(NCC1(O)CCOC1)c1ccccc1. The van der Waals surface area contributed by atoms with Crippen molar-refractivity contribution in [1.29, 1.82) is 0 Å². The van der Waals surface area contributed by atoms with Gasteiger partial charge in [0.2, 0.25) is 0 Å². The van der Waals surface area contributed by atoms with E-state index >= 15 is 0 Å². The Morgan fingerprint density at radius 2 is 2.17 bits per heavy atom. The van der Waals surface area contributed by atoms with Crippen molar-refractivity contribution in [3.63, 3.8) is 0 Å². The van der Waals surface area contributed by atoms with Crippen molar-refractivity contribution >= 4 is 0 Å². The molecule has 0 bridgehead atoms. The Morgan fingerprint density at radius 3 is 2.78 bits per heavy atom. The van der Waals surface area contributed by atoms with E-state index in [1.165, 1.54) is 5.56 Å². The number of hydrogen-bond donors (Lipinski definition) is 2. The van der Waals surface area contributed by atoms with Gasteiger partial charge in [-0.05, 0) is 12.0 Å². The minimum Gasteiger partial charge on any atom is -0.386 e. The maximum Gasteiger partial charge on any atom is 0.103 e. The van der Waals surface area contributed by atoms with E-state index in [4.69, 9.17) is 4.74 Å². The number of ether oxygens (including phenoxy) is 1. The first-order chi connectivity index (χ1) is 8.73. The first-order valence-electron chi connectivity index (χ1n) is 6.82. The third-order valence-electron chi connectivity index (χ3n) is 3.54. The molecule has 1 aromatic rings. The van der Waals surface area contributed by atoms with Gasteiger partial charge in [0.1, 0.15) is 5.60 Å². The maximum absolute atomic E-state index is 10.3. The lowest BCUT2D eigenvalue weighted by Crippen LogP contribution is -2.42. The van der Waals surface area contributed by atoms with Crippen LogP contribution in [0.3, 0.4) is 0 Å². The molecule has 3 heteroatoms. The Bertz CT molecular complexity index is 347. The molecule has 1 fully saturated rings. The summed E-state index contributed by atoms with van der Waals surface area (Å²) in [4.78, 5) is 0. The van der Waals surface area contributed by atoms with E-state index in [1.807, 2.05) is 6.07 Å². The molecule has 1 aliphatic rings. The summed E-state index contributed by atoms with van der Waals surface area (Å²) in [6.45, 7) is 3.91. The van der Waals surface area contributed by atoms with Gasteiger partial charge in [0.15, 0.2) is 0 Å². The van der Waals surface area contributed by atoms with E-state index in [2.05, 4.69) is 36.5 Å². The summed E-state index contributed by atoms with van der Waals surface area (Å²) in [5, 5.41) is 13.8. The minimum atomic E-state index is -0.680. The molecule has 0 amide bonds. The monoisotopic (exact) mass is 249 g/mol. The number of aliphatic hydroxyl groups is 1. The van der Waals surface area contributed by atoms with Gasteiger partial charge < -0.3 is 15.2 Å². The third-order valence-corrected chi connectivity index (χ3v) is 3.54. The molecule has 0 spiro atoms. The van der Waals surface area contributed by atoms with Gasteiger partial charge in [-0.25, -0.2) is 0 Å². The van der Waals surface area contributed by atoms with E-state index in [0.717, 1.165) is 19.3 Å². The average Bonchev–Trinajstić information content (AvgIpc) is 2.83. The van der Waals surface area contributed by atoms with Gasteiger partial charge in [-0.15, -0.1) is 0 Å². The molecule has 18 heavy (non-hydrogen) atoms. The van der Waals surface area contributed by atoms with Crippen LogP contribution in [0.2, 0.25) is 0 Å². The molecule has 0 saturated carbocycles. The average molecular weight is 249 g/mol. The summed E-state index contributed by atoms with van der Waals surface area (Å²) in [5.41, 5.74) is 0.614. The number of nitrogens with one attached hydrogen (secondary N) is 1. The summed E-state index contributed by atoms with van der Waals surface area (Å²) in [6.07, 6.45) is 2.94. The molecule has 1 aromatic carbocycles. The van der Waals surface area contributed by atoms with E-state index in [-0.39, 0.29) is 0 Å². The van der Waals surface area contributed by atoms with Gasteiger partial charge in [-0.1, -0.05) is 43.7 Å². The predicted octanol–water partition coefficient (Wildman–Crippen LogP) is 2.27. The molecule has 0 radical (unpaired) electrons. The molecule has 2 rings (SSSR count). The second-order valence-electron chi connectivity index (χ2n) is 5.16. The molecule has 0 aromatic heterocycles. The Morgan fingerprint density at radius 1 is 1.39 bits per heavy atom. The zero-order chi connectivity index (χ0) is 12.8. The molecule has 100 valence electrons. The smallest absolute Gasteiger partial charge is 0.103 e. The maximum atomic E-state index is 10.3. The fraction of sp³-hybridized carbons (Fsp3) is 0.600. The lowest BCUT2D eigenvalue weighted by atomic mass is 9.99. The Hall–Kier alpha value is -0.900. The molecule has 3 nitrogen and oxygen atoms in total. The van der Waals surface area contributed by atoms with Crippen LogP contribution < -0.4 is 5.32 Å². The topological polar surface area (TPSA) is 41.5 Å². The standard InChI is InChI=1S/C15H23NO2/c1-2-6-14(13-7-4-3-5-8-13)16-11-15(17)9-10-18-12-15/h3-5,7-8,14,16-17H,2,6,9-12H2,1H3. The van der Waals surface area contributed by atoms with Gasteiger partial charge in [0, 0.05) is 25.6 Å². The van der Waals surface area contributed by atoms with Crippen molar-refractivity contribution in [2.45, 2.75) is 37.8 Å². The van der Waals surface area contributed by atoms with Crippen LogP contribution in [0.4, 0.5) is 0 Å². The van der Waals surface area contributed by atoms with Crippen LogP contribution in [0.1, 0.15) is 37.8 Å². The summed E-state index contributed by atoms with van der Waals surface area (Å²) in [7, 11) is 0. The Kier molecular flexibility index (Phi) is 4.75. The largest absolute Gasteiger partial charge is 0.386 e. The van der Waals surface area contributed by atoms with Gasteiger partial charge in [0.05, 0.1) is 6.61 Å². The molecule has 1 aliphatic heterocycles. The Balaban J connectivity index is 1.94. The van der Waals surface area contributed by atoms with Crippen LogP contribution in [-0.2, 0) is 4.74 Å². The minimum absolute atomic E-state index is 0.320. The zero-order valence-corrected chi connectivity index (χ0v) is 11.1. The quantitative estimate of drug-likeness (QED) is 0.812. The van der Waals surface area contributed by atoms with Crippen molar-refractivity contribution in [2.75, 3.05) is 19.8 Å². The van der Waals surface area contributed by atoms with Crippen molar-refractivity contribution < 1.29 is 9.84 Å². The molecule has 1 saturated heterocycles. The molecule has 2 unspecified atom stereocenters. The third kappa shape index (κ3) is 3.55. The number of rotatable bonds is 6. The van der Waals surface area contributed by atoms with E-state index in [0.29, 0.717) is 25.8 Å². The summed E-state index contributed by atoms with van der Waals surface area (Å²) in [5.74, 6) is 0. The number of hydrogen-bond acceptors (Lipinski definition) is 3. The highest BCUT2D eigenvalue weighted by molar-refractivity contribution is 5.18. The van der Waals surface area contributed by atoms with Crippen molar-refractivity contribution in [1.82, 2.24) is 5.32 Å². The normalized spacial score (nSPS) is 25.2. The molecular formula is C15H23NO2. The van der Waals surface area contributed by atoms with Crippen LogP contribution in [0.25, 0.3) is 0 Å². The second kappa shape index (κ2) is 6.32. The second-order valence-corrected chi connectivity index (χ2v) is 5.16. The first-order valence-corrected chi connectivity index (χ1v) is 6.82. The molecular weight excluding hydrogens is 226 g/mol. The molecule has 2 atom stereocenters. The van der Waals surface area contributed by atoms with Gasteiger partial charge in [-0.3, -0.25) is 0 Å². The highest BCUT2D eigenvalue weighted by Gasteiger charge is 2.32. The lowest BCUT2D eigenvalue weighted by molar-refractivity contribution is 0.0245. The van der Waals surface area contributed by atoms with Crippen LogP contribution in [-0.4, -0.2) is 30.5 Å². The highest BCUT2D eigenvalue weighted by Crippen LogP contribution is 2.22. The van der Waals surface area contributed by atoms with Crippen LogP contribution in [0, 0.1) is 0 Å². The van der Waals surface area contributed by atoms with Gasteiger partial charge in [0.25, 0.3) is 0 Å². The van der Waals surface area contributed by atoms with Crippen molar-refractivity contribution in [3.05, 3.63) is 35.9 Å². The van der Waals surface area contributed by atoms with Gasteiger partial charge in [-0.2, -0.15) is 0 Å². The van der Waals surface area contributed by atoms with Gasteiger partial charge >= 0.3 is 0 Å². The summed E-state index contributed by atoms with van der Waals surface area (Å²) < 4.78 is 5.27. The van der Waals surface area contributed by atoms with E-state index in [1.54, 1.807) is 0 Å². The molecule has 1 heterocycles. The van der Waals surface area contributed by atoms with Crippen LogP contribution in [0.5, 0.6) is 0 Å². The van der Waals surface area contributed by atoms with Crippen molar-refractivity contribution in [3.8, 4) is 0 Å². The summed E-state index contributed by atoms with van der Waals surface area (Å²) >= 11 is 0. The fourth-order valence-corrected chi connectivity index (χ4v) is 2.41. The molecule has 0 aliphatic carbocycles. The van der Waals surface area contributed by atoms with Crippen LogP contribution >= 0.6 is 0 Å². The molecule has 2 N–H and O–H groups in total. The lowest BCUT2D eigenvalue weighted by Gasteiger charge is -2.26.